The molecule has 1 aromatic heterocycles. The minimum absolute atomic E-state index is 0.00835. The van der Waals surface area contributed by atoms with Gasteiger partial charge in [-0.1, -0.05) is 175 Å². The highest BCUT2D eigenvalue weighted by atomic mass is 16.6. The first-order valence-electron chi connectivity index (χ1n) is 22.7. The third-order valence-corrected chi connectivity index (χ3v) is 10.5. The molecule has 0 fully saturated rings. The number of aromatic nitrogens is 2. The Balaban J connectivity index is 1.73. The molecule has 0 N–H and O–H groups in total. The predicted octanol–water partition coefficient (Wildman–Crippen LogP) is 15.0. The van der Waals surface area contributed by atoms with E-state index in [0.717, 1.165) is 38.5 Å². The molecule has 0 unspecified atom stereocenters. The van der Waals surface area contributed by atoms with Gasteiger partial charge in [-0.3, -0.25) is 10.1 Å². The minimum Gasteiger partial charge on any atom is -0.490 e. The summed E-state index contributed by atoms with van der Waals surface area (Å²) in [4.78, 5) is 10.8. The summed E-state index contributed by atoms with van der Waals surface area (Å²) >= 11 is 0. The Hall–Kier alpha value is -3.62. The zero-order chi connectivity index (χ0) is 39.9. The second kappa shape index (κ2) is 30.5. The molecule has 0 amide bonds. The molecule has 56 heavy (non-hydrogen) atoms. The highest BCUT2D eigenvalue weighted by molar-refractivity contribution is 5.67. The van der Waals surface area contributed by atoms with E-state index in [9.17, 15) is 10.1 Å². The fourth-order valence-electron chi connectivity index (χ4n) is 7.02. The van der Waals surface area contributed by atoms with Gasteiger partial charge in [-0.15, -0.1) is 10.2 Å². The summed E-state index contributed by atoms with van der Waals surface area (Å²) in [6.07, 6.45) is 33.7. The molecule has 0 bridgehead atoms. The molecule has 0 atom stereocenters. The molecule has 3 rings (SSSR count). The van der Waals surface area contributed by atoms with E-state index in [1.807, 2.05) is 12.1 Å². The topological polar surface area (TPSA) is 110 Å². The number of nitrogens with zero attached hydrogens (tertiary/aromatic N) is 3. The Morgan fingerprint density at radius 2 is 0.821 bits per heavy atom. The molecule has 9 nitrogen and oxygen atoms in total. The first-order chi connectivity index (χ1) is 27.6. The lowest BCUT2D eigenvalue weighted by Crippen LogP contribution is -2.07. The molecule has 0 saturated heterocycles. The van der Waals surface area contributed by atoms with E-state index < -0.39 is 4.92 Å². The van der Waals surface area contributed by atoms with E-state index in [0.29, 0.717) is 54.1 Å². The Bertz CT molecular complexity index is 1380. The Labute approximate surface area is 339 Å². The van der Waals surface area contributed by atoms with E-state index in [2.05, 4.69) is 31.0 Å². The van der Waals surface area contributed by atoms with Crippen LogP contribution in [-0.4, -0.2) is 34.9 Å². The number of hydrogen-bond donors (Lipinski definition) is 0. The fourth-order valence-corrected chi connectivity index (χ4v) is 7.02. The number of unbranched alkanes of at least 4 members (excludes halogenated alkanes) is 24. The van der Waals surface area contributed by atoms with Crippen LogP contribution in [0.15, 0.2) is 40.8 Å². The molecule has 9 heteroatoms. The SMILES string of the molecule is CCCCCCCCCCCOc1cc(-c2nnc(-c3ccc([N+](=O)[O-])cc3)o2)cc(OCCCCCCCCCCC)c1OCCCCCCCCCCC. The van der Waals surface area contributed by atoms with Gasteiger partial charge in [0, 0.05) is 23.3 Å². The van der Waals surface area contributed by atoms with Crippen LogP contribution in [0.3, 0.4) is 0 Å². The molecule has 0 saturated carbocycles. The van der Waals surface area contributed by atoms with Gasteiger partial charge in [0.25, 0.3) is 5.69 Å². The van der Waals surface area contributed by atoms with Crippen LogP contribution in [0.2, 0.25) is 0 Å². The van der Waals surface area contributed by atoms with Gasteiger partial charge >= 0.3 is 0 Å². The van der Waals surface area contributed by atoms with Crippen molar-refractivity contribution in [3.05, 3.63) is 46.5 Å². The van der Waals surface area contributed by atoms with E-state index in [1.54, 1.807) is 12.1 Å². The normalized spacial score (nSPS) is 11.3. The summed E-state index contributed by atoms with van der Waals surface area (Å²) in [5, 5.41) is 19.8. The van der Waals surface area contributed by atoms with E-state index in [-0.39, 0.29) is 11.6 Å². The molecule has 0 radical (unpaired) electrons. The molecular formula is C47H75N3O6. The first kappa shape index (κ1) is 46.8. The lowest BCUT2D eigenvalue weighted by molar-refractivity contribution is -0.384. The number of benzene rings is 2. The number of non-ortho nitro benzene ring substituents is 1. The van der Waals surface area contributed by atoms with Crippen molar-refractivity contribution >= 4 is 5.69 Å². The summed E-state index contributed by atoms with van der Waals surface area (Å²) in [6.45, 7) is 8.56. The maximum absolute atomic E-state index is 11.2. The van der Waals surface area contributed by atoms with Crippen molar-refractivity contribution in [1.82, 2.24) is 10.2 Å². The highest BCUT2D eigenvalue weighted by Gasteiger charge is 2.20. The van der Waals surface area contributed by atoms with Gasteiger partial charge in [0.15, 0.2) is 11.5 Å². The van der Waals surface area contributed by atoms with Crippen molar-refractivity contribution in [3.8, 4) is 40.2 Å². The van der Waals surface area contributed by atoms with Crippen molar-refractivity contribution in [2.75, 3.05) is 19.8 Å². The van der Waals surface area contributed by atoms with Gasteiger partial charge in [0.05, 0.1) is 24.7 Å². The van der Waals surface area contributed by atoms with Crippen LogP contribution >= 0.6 is 0 Å². The van der Waals surface area contributed by atoms with Crippen LogP contribution in [0.1, 0.15) is 194 Å². The van der Waals surface area contributed by atoms with E-state index >= 15 is 0 Å². The van der Waals surface area contributed by atoms with Gasteiger partial charge < -0.3 is 18.6 Å². The first-order valence-corrected chi connectivity index (χ1v) is 22.7. The largest absolute Gasteiger partial charge is 0.490 e. The number of rotatable bonds is 36. The average molecular weight is 778 g/mol. The maximum Gasteiger partial charge on any atom is 0.269 e. The quantitative estimate of drug-likeness (QED) is 0.0326. The van der Waals surface area contributed by atoms with Crippen LogP contribution in [0, 0.1) is 10.1 Å². The second-order valence-electron chi connectivity index (χ2n) is 15.5. The van der Waals surface area contributed by atoms with E-state index in [4.69, 9.17) is 18.6 Å². The van der Waals surface area contributed by atoms with Gasteiger partial charge in [-0.05, 0) is 43.5 Å². The standard InChI is InChI=1S/C47H75N3O6/c1-4-7-10-13-16-19-22-25-28-35-53-43-38-41(47-49-48-46(56-47)40-31-33-42(34-32-40)50(51)52)39-44(54-36-29-26-23-20-17-14-11-8-5-2)45(43)55-37-30-27-24-21-18-15-12-9-6-3/h31-34,38-39H,4-30,35-37H2,1-3H3. The van der Waals surface area contributed by atoms with Crippen molar-refractivity contribution < 1.29 is 23.6 Å². The average Bonchev–Trinajstić information content (AvgIpc) is 3.71. The van der Waals surface area contributed by atoms with Crippen LogP contribution in [0.5, 0.6) is 17.2 Å². The molecular weight excluding hydrogens is 703 g/mol. The third-order valence-electron chi connectivity index (χ3n) is 10.5. The molecule has 2 aromatic carbocycles. The van der Waals surface area contributed by atoms with Crippen LogP contribution in [0.25, 0.3) is 22.9 Å². The lowest BCUT2D eigenvalue weighted by atomic mass is 10.1. The molecule has 3 aromatic rings. The van der Waals surface area contributed by atoms with Crippen LogP contribution < -0.4 is 14.2 Å². The predicted molar refractivity (Wildman–Crippen MR) is 230 cm³/mol. The molecule has 314 valence electrons. The minimum atomic E-state index is -0.422. The molecule has 0 aliphatic carbocycles. The highest BCUT2D eigenvalue weighted by Crippen LogP contribution is 2.42. The maximum atomic E-state index is 11.2. The van der Waals surface area contributed by atoms with Crippen molar-refractivity contribution in [1.29, 1.82) is 0 Å². The monoisotopic (exact) mass is 778 g/mol. The third kappa shape index (κ3) is 19.5. The lowest BCUT2D eigenvalue weighted by Gasteiger charge is -2.18. The summed E-state index contributed by atoms with van der Waals surface area (Å²) < 4.78 is 25.7. The summed E-state index contributed by atoms with van der Waals surface area (Å²) in [6, 6.07) is 9.98. The molecule has 0 spiro atoms. The number of nitro benzene ring substituents is 1. The number of ether oxygens (including phenoxy) is 3. The summed E-state index contributed by atoms with van der Waals surface area (Å²) in [7, 11) is 0. The fraction of sp³-hybridized carbons (Fsp3) is 0.702. The van der Waals surface area contributed by atoms with E-state index in [1.165, 1.54) is 147 Å². The van der Waals surface area contributed by atoms with Gasteiger partial charge in [-0.25, -0.2) is 0 Å². The number of nitro groups is 1. The van der Waals surface area contributed by atoms with Crippen molar-refractivity contribution in [3.63, 3.8) is 0 Å². The zero-order valence-corrected chi connectivity index (χ0v) is 35.5. The van der Waals surface area contributed by atoms with Crippen molar-refractivity contribution in [2.24, 2.45) is 0 Å². The van der Waals surface area contributed by atoms with Gasteiger partial charge in [0.1, 0.15) is 0 Å². The van der Waals surface area contributed by atoms with Gasteiger partial charge in [0.2, 0.25) is 17.5 Å². The van der Waals surface area contributed by atoms with Crippen LogP contribution in [-0.2, 0) is 0 Å². The zero-order valence-electron chi connectivity index (χ0n) is 35.5. The van der Waals surface area contributed by atoms with Crippen molar-refractivity contribution in [2.45, 2.75) is 194 Å². The van der Waals surface area contributed by atoms with Gasteiger partial charge in [-0.2, -0.15) is 0 Å². The Morgan fingerprint density at radius 1 is 0.482 bits per heavy atom. The Morgan fingerprint density at radius 3 is 1.20 bits per heavy atom. The molecule has 0 aliphatic heterocycles. The van der Waals surface area contributed by atoms with Crippen LogP contribution in [0.4, 0.5) is 5.69 Å². The number of hydrogen-bond acceptors (Lipinski definition) is 8. The molecule has 0 aliphatic rings. The molecule has 1 heterocycles. The second-order valence-corrected chi connectivity index (χ2v) is 15.5. The smallest absolute Gasteiger partial charge is 0.269 e. The summed E-state index contributed by atoms with van der Waals surface area (Å²) in [5.41, 5.74) is 1.30. The Kier molecular flexibility index (Phi) is 25.5. The summed E-state index contributed by atoms with van der Waals surface area (Å²) in [5.74, 6) is 2.53.